The van der Waals surface area contributed by atoms with Crippen LogP contribution < -0.4 is 5.19 Å². The SMILES string of the molecule is C1=Cc2ccccc2-c2ccccc2[SiH2]1. The Hall–Kier alpha value is -1.60. The number of hydrogen-bond acceptors (Lipinski definition) is 0. The molecule has 1 aliphatic rings. The molecule has 15 heavy (non-hydrogen) atoms. The highest BCUT2D eigenvalue weighted by Crippen LogP contribution is 2.24. The van der Waals surface area contributed by atoms with Gasteiger partial charge in [-0.25, -0.2) is 0 Å². The first-order valence-electron chi connectivity index (χ1n) is 5.29. The van der Waals surface area contributed by atoms with Crippen molar-refractivity contribution in [3.8, 4) is 11.1 Å². The van der Waals surface area contributed by atoms with E-state index in [1.165, 1.54) is 16.7 Å². The van der Waals surface area contributed by atoms with Gasteiger partial charge in [0.2, 0.25) is 0 Å². The van der Waals surface area contributed by atoms with Crippen molar-refractivity contribution in [3.63, 3.8) is 0 Å². The van der Waals surface area contributed by atoms with E-state index in [4.69, 9.17) is 0 Å². The lowest BCUT2D eigenvalue weighted by atomic mass is 10.00. The van der Waals surface area contributed by atoms with Gasteiger partial charge in [0.05, 0.1) is 9.52 Å². The van der Waals surface area contributed by atoms with Crippen molar-refractivity contribution in [3.05, 3.63) is 59.8 Å². The van der Waals surface area contributed by atoms with Crippen molar-refractivity contribution in [1.29, 1.82) is 0 Å². The average molecular weight is 208 g/mol. The van der Waals surface area contributed by atoms with E-state index in [2.05, 4.69) is 60.3 Å². The molecular weight excluding hydrogens is 196 g/mol. The Morgan fingerprint density at radius 1 is 0.733 bits per heavy atom. The molecule has 0 amide bonds. The standard InChI is InChI=1S/C14H12Si/c1-2-6-12-11(5-1)9-10-15-14-8-4-3-7-13(12)14/h1-10H,15H2. The molecule has 1 aliphatic heterocycles. The first kappa shape index (κ1) is 8.68. The maximum atomic E-state index is 2.38. The Balaban J connectivity index is 2.33. The van der Waals surface area contributed by atoms with Crippen LogP contribution in [0, 0.1) is 0 Å². The van der Waals surface area contributed by atoms with Gasteiger partial charge in [-0.15, -0.1) is 0 Å². The van der Waals surface area contributed by atoms with E-state index < -0.39 is 0 Å². The zero-order valence-electron chi connectivity index (χ0n) is 8.48. The second-order valence-corrected chi connectivity index (χ2v) is 5.49. The van der Waals surface area contributed by atoms with E-state index in [0.717, 1.165) is 0 Å². The fourth-order valence-electron chi connectivity index (χ4n) is 2.16. The Labute approximate surface area is 92.1 Å². The summed E-state index contributed by atoms with van der Waals surface area (Å²) in [6.45, 7) is 0. The van der Waals surface area contributed by atoms with E-state index in [1.54, 1.807) is 5.19 Å². The molecule has 0 aliphatic carbocycles. The first-order valence-corrected chi connectivity index (χ1v) is 6.81. The van der Waals surface area contributed by atoms with Crippen LogP contribution in [0.1, 0.15) is 5.56 Å². The van der Waals surface area contributed by atoms with Gasteiger partial charge in [0.25, 0.3) is 0 Å². The fraction of sp³-hybridized carbons (Fsp3) is 0. The van der Waals surface area contributed by atoms with E-state index >= 15 is 0 Å². The summed E-state index contributed by atoms with van der Waals surface area (Å²) < 4.78 is 0. The van der Waals surface area contributed by atoms with Gasteiger partial charge in [-0.3, -0.25) is 0 Å². The van der Waals surface area contributed by atoms with Crippen LogP contribution in [0.4, 0.5) is 0 Å². The molecule has 0 unspecified atom stereocenters. The topological polar surface area (TPSA) is 0 Å². The largest absolute Gasteiger partial charge is 0.0955 e. The van der Waals surface area contributed by atoms with Crippen LogP contribution in [-0.2, 0) is 0 Å². The number of benzene rings is 2. The van der Waals surface area contributed by atoms with Crippen molar-refractivity contribution in [2.24, 2.45) is 0 Å². The van der Waals surface area contributed by atoms with E-state index in [1.807, 2.05) is 0 Å². The molecule has 2 aromatic carbocycles. The molecule has 0 spiro atoms. The minimum atomic E-state index is -0.222. The smallest absolute Gasteiger partial charge is 0.0791 e. The molecule has 0 bridgehead atoms. The molecule has 0 atom stereocenters. The second-order valence-electron chi connectivity index (χ2n) is 3.85. The van der Waals surface area contributed by atoms with Crippen LogP contribution in [0.5, 0.6) is 0 Å². The molecular formula is C14H12Si. The Morgan fingerprint density at radius 2 is 1.47 bits per heavy atom. The molecule has 1 heterocycles. The molecule has 0 nitrogen and oxygen atoms in total. The second kappa shape index (κ2) is 3.52. The van der Waals surface area contributed by atoms with Gasteiger partial charge in [-0.05, 0) is 16.7 Å². The van der Waals surface area contributed by atoms with Crippen LogP contribution in [-0.4, -0.2) is 9.52 Å². The van der Waals surface area contributed by atoms with Crippen LogP contribution in [0.25, 0.3) is 17.2 Å². The molecule has 0 aromatic heterocycles. The maximum Gasteiger partial charge on any atom is 0.0791 e. The van der Waals surface area contributed by atoms with Crippen LogP contribution >= 0.6 is 0 Å². The monoisotopic (exact) mass is 208 g/mol. The third-order valence-electron chi connectivity index (χ3n) is 2.90. The van der Waals surface area contributed by atoms with Crippen LogP contribution in [0.2, 0.25) is 0 Å². The van der Waals surface area contributed by atoms with Gasteiger partial charge in [-0.1, -0.05) is 65.5 Å². The summed E-state index contributed by atoms with van der Waals surface area (Å²) in [5.41, 5.74) is 6.55. The maximum absolute atomic E-state index is 2.38. The third kappa shape index (κ3) is 1.45. The van der Waals surface area contributed by atoms with Crippen molar-refractivity contribution >= 4 is 20.8 Å². The summed E-state index contributed by atoms with van der Waals surface area (Å²) in [5.74, 6) is 0. The highest BCUT2D eigenvalue weighted by Gasteiger charge is 2.09. The van der Waals surface area contributed by atoms with Crippen molar-refractivity contribution in [2.75, 3.05) is 0 Å². The van der Waals surface area contributed by atoms with E-state index in [-0.39, 0.29) is 9.52 Å². The molecule has 0 N–H and O–H groups in total. The van der Waals surface area contributed by atoms with Gasteiger partial charge in [0, 0.05) is 0 Å². The normalized spacial score (nSPS) is 14.4. The van der Waals surface area contributed by atoms with Crippen molar-refractivity contribution in [1.82, 2.24) is 0 Å². The van der Waals surface area contributed by atoms with E-state index in [9.17, 15) is 0 Å². The number of hydrogen-bond donors (Lipinski definition) is 0. The highest BCUT2D eigenvalue weighted by atomic mass is 28.2. The van der Waals surface area contributed by atoms with Gasteiger partial charge in [-0.2, -0.15) is 0 Å². The number of rotatable bonds is 0. The summed E-state index contributed by atoms with van der Waals surface area (Å²) in [7, 11) is -0.222. The Morgan fingerprint density at radius 3 is 2.40 bits per heavy atom. The lowest BCUT2D eigenvalue weighted by molar-refractivity contribution is 1.62. The molecule has 0 saturated heterocycles. The summed E-state index contributed by atoms with van der Waals surface area (Å²) in [6.07, 6.45) is 2.28. The molecule has 3 rings (SSSR count). The molecule has 2 aromatic rings. The lowest BCUT2D eigenvalue weighted by Crippen LogP contribution is -2.13. The molecule has 72 valence electrons. The highest BCUT2D eigenvalue weighted by molar-refractivity contribution is 6.61. The summed E-state index contributed by atoms with van der Waals surface area (Å²) in [6, 6.07) is 17.4. The van der Waals surface area contributed by atoms with Gasteiger partial charge in [0.1, 0.15) is 0 Å². The van der Waals surface area contributed by atoms with Crippen molar-refractivity contribution in [2.45, 2.75) is 0 Å². The van der Waals surface area contributed by atoms with Crippen LogP contribution in [0.3, 0.4) is 0 Å². The summed E-state index contributed by atoms with van der Waals surface area (Å²) >= 11 is 0. The van der Waals surface area contributed by atoms with E-state index in [0.29, 0.717) is 0 Å². The summed E-state index contributed by atoms with van der Waals surface area (Å²) in [4.78, 5) is 0. The summed E-state index contributed by atoms with van der Waals surface area (Å²) in [5, 5.41) is 1.55. The minimum absolute atomic E-state index is 0.222. The minimum Gasteiger partial charge on any atom is -0.0955 e. The third-order valence-corrected chi connectivity index (χ3v) is 4.43. The molecule has 0 fully saturated rings. The van der Waals surface area contributed by atoms with Crippen molar-refractivity contribution < 1.29 is 0 Å². The zero-order valence-corrected chi connectivity index (χ0v) is 9.89. The number of fused-ring (bicyclic) bond motifs is 3. The first-order chi connectivity index (χ1) is 7.45. The zero-order chi connectivity index (χ0) is 10.1. The van der Waals surface area contributed by atoms with Gasteiger partial charge >= 0.3 is 0 Å². The predicted molar refractivity (Wildman–Crippen MR) is 69.1 cm³/mol. The Bertz CT molecular complexity index is 526. The van der Waals surface area contributed by atoms with Gasteiger partial charge in [0.15, 0.2) is 0 Å². The molecule has 0 radical (unpaired) electrons. The molecule has 0 saturated carbocycles. The molecule has 1 heteroatoms. The lowest BCUT2D eigenvalue weighted by Gasteiger charge is -2.07. The average Bonchev–Trinajstić information content (AvgIpc) is 2.48. The predicted octanol–water partition coefficient (Wildman–Crippen LogP) is 2.13. The fourth-order valence-corrected chi connectivity index (χ4v) is 3.59. The Kier molecular flexibility index (Phi) is 2.04. The van der Waals surface area contributed by atoms with Crippen LogP contribution in [0.15, 0.2) is 54.2 Å². The quantitative estimate of drug-likeness (QED) is 0.582. The van der Waals surface area contributed by atoms with Gasteiger partial charge < -0.3 is 0 Å².